The molecule has 0 radical (unpaired) electrons. The van der Waals surface area contributed by atoms with Gasteiger partial charge < -0.3 is 4.90 Å². The number of benzene rings is 2. The van der Waals surface area contributed by atoms with Crippen LogP contribution in [-0.4, -0.2) is 4.90 Å². The standard InChI is InChI=1S/C16H15N.BrH/c1-2-6-14(7-3-1)12-17-11-10-15-8-4-5-9-16(15)13-17;/h1-11H,12-13H2;1H. The summed E-state index contributed by atoms with van der Waals surface area (Å²) >= 11 is 0. The van der Waals surface area contributed by atoms with Gasteiger partial charge in [0, 0.05) is 19.3 Å². The second kappa shape index (κ2) is 5.87. The summed E-state index contributed by atoms with van der Waals surface area (Å²) in [4.78, 5) is 2.34. The Balaban J connectivity index is 0.00000120. The van der Waals surface area contributed by atoms with Gasteiger partial charge in [0.05, 0.1) is 0 Å². The first-order valence-electron chi connectivity index (χ1n) is 5.96. The second-order valence-electron chi connectivity index (χ2n) is 4.41. The molecule has 0 aromatic heterocycles. The van der Waals surface area contributed by atoms with Crippen LogP contribution in [0.5, 0.6) is 0 Å². The average Bonchev–Trinajstić information content (AvgIpc) is 2.40. The van der Waals surface area contributed by atoms with Crippen LogP contribution in [0.25, 0.3) is 6.08 Å². The van der Waals surface area contributed by atoms with E-state index in [2.05, 4.69) is 71.8 Å². The molecule has 0 fully saturated rings. The highest BCUT2D eigenvalue weighted by Crippen LogP contribution is 2.20. The summed E-state index contributed by atoms with van der Waals surface area (Å²) < 4.78 is 0. The van der Waals surface area contributed by atoms with Gasteiger partial charge in [0.15, 0.2) is 0 Å². The van der Waals surface area contributed by atoms with Crippen molar-refractivity contribution < 1.29 is 0 Å². The van der Waals surface area contributed by atoms with Crippen LogP contribution in [0.1, 0.15) is 16.7 Å². The van der Waals surface area contributed by atoms with E-state index >= 15 is 0 Å². The van der Waals surface area contributed by atoms with Crippen LogP contribution in [-0.2, 0) is 13.1 Å². The minimum absolute atomic E-state index is 0. The molecule has 92 valence electrons. The lowest BCUT2D eigenvalue weighted by Crippen LogP contribution is -2.19. The minimum Gasteiger partial charge on any atom is -0.369 e. The van der Waals surface area contributed by atoms with Gasteiger partial charge in [-0.05, 0) is 22.8 Å². The maximum absolute atomic E-state index is 2.34. The Morgan fingerprint density at radius 2 is 1.61 bits per heavy atom. The van der Waals surface area contributed by atoms with E-state index in [1.807, 2.05) is 0 Å². The van der Waals surface area contributed by atoms with Crippen molar-refractivity contribution in [2.24, 2.45) is 0 Å². The summed E-state index contributed by atoms with van der Waals surface area (Å²) in [7, 11) is 0. The molecular formula is C16H16BrN. The molecule has 3 rings (SSSR count). The van der Waals surface area contributed by atoms with Gasteiger partial charge in [-0.2, -0.15) is 0 Å². The van der Waals surface area contributed by atoms with Crippen LogP contribution in [0, 0.1) is 0 Å². The molecule has 1 nitrogen and oxygen atoms in total. The second-order valence-corrected chi connectivity index (χ2v) is 4.41. The Labute approximate surface area is 119 Å². The van der Waals surface area contributed by atoms with Crippen LogP contribution in [0.4, 0.5) is 0 Å². The van der Waals surface area contributed by atoms with Crippen molar-refractivity contribution in [3.8, 4) is 0 Å². The molecule has 0 amide bonds. The van der Waals surface area contributed by atoms with Gasteiger partial charge >= 0.3 is 0 Å². The fourth-order valence-corrected chi connectivity index (χ4v) is 2.22. The van der Waals surface area contributed by atoms with Crippen molar-refractivity contribution in [2.75, 3.05) is 0 Å². The molecule has 0 saturated heterocycles. The molecule has 2 heteroatoms. The number of hydrogen-bond donors (Lipinski definition) is 0. The topological polar surface area (TPSA) is 3.24 Å². The lowest BCUT2D eigenvalue weighted by molar-refractivity contribution is 0.359. The zero-order valence-electron chi connectivity index (χ0n) is 10.1. The maximum atomic E-state index is 2.34. The van der Waals surface area contributed by atoms with Crippen molar-refractivity contribution in [1.29, 1.82) is 0 Å². The molecule has 0 aliphatic carbocycles. The highest BCUT2D eigenvalue weighted by Gasteiger charge is 2.09. The van der Waals surface area contributed by atoms with Gasteiger partial charge in [-0.25, -0.2) is 0 Å². The van der Waals surface area contributed by atoms with Crippen LogP contribution < -0.4 is 0 Å². The normalized spacial score (nSPS) is 12.8. The van der Waals surface area contributed by atoms with E-state index in [1.54, 1.807) is 0 Å². The molecule has 1 aliphatic rings. The Morgan fingerprint density at radius 1 is 0.889 bits per heavy atom. The van der Waals surface area contributed by atoms with E-state index in [0.717, 1.165) is 13.1 Å². The van der Waals surface area contributed by atoms with E-state index < -0.39 is 0 Å². The van der Waals surface area contributed by atoms with E-state index in [-0.39, 0.29) is 17.0 Å². The van der Waals surface area contributed by atoms with Crippen LogP contribution in [0.15, 0.2) is 60.8 Å². The molecule has 0 saturated carbocycles. The number of hydrogen-bond acceptors (Lipinski definition) is 1. The molecule has 1 aliphatic heterocycles. The predicted octanol–water partition coefficient (Wildman–Crippen LogP) is 4.25. The quantitative estimate of drug-likeness (QED) is 0.801. The SMILES string of the molecule is Br.C1=CN(Cc2ccccc2)Cc2ccccc21. The van der Waals surface area contributed by atoms with Crippen molar-refractivity contribution in [3.05, 3.63) is 77.5 Å². The van der Waals surface area contributed by atoms with Gasteiger partial charge in [0.2, 0.25) is 0 Å². The summed E-state index contributed by atoms with van der Waals surface area (Å²) in [6.07, 6.45) is 4.39. The van der Waals surface area contributed by atoms with Crippen LogP contribution >= 0.6 is 17.0 Å². The monoisotopic (exact) mass is 301 g/mol. The molecule has 0 unspecified atom stereocenters. The molecular weight excluding hydrogens is 286 g/mol. The molecule has 0 bridgehead atoms. The first-order chi connectivity index (χ1) is 8.42. The van der Waals surface area contributed by atoms with Gasteiger partial charge in [0.1, 0.15) is 0 Å². The van der Waals surface area contributed by atoms with Gasteiger partial charge in [-0.3, -0.25) is 0 Å². The van der Waals surface area contributed by atoms with Gasteiger partial charge in [-0.15, -0.1) is 17.0 Å². The molecule has 2 aromatic carbocycles. The zero-order valence-corrected chi connectivity index (χ0v) is 11.8. The molecule has 1 heterocycles. The van der Waals surface area contributed by atoms with Gasteiger partial charge in [0.25, 0.3) is 0 Å². The largest absolute Gasteiger partial charge is 0.369 e. The summed E-state index contributed by atoms with van der Waals surface area (Å²) in [5.74, 6) is 0. The Kier molecular flexibility index (Phi) is 4.21. The summed E-state index contributed by atoms with van der Waals surface area (Å²) in [6.45, 7) is 1.98. The fourth-order valence-electron chi connectivity index (χ4n) is 2.22. The third-order valence-electron chi connectivity index (χ3n) is 3.12. The number of halogens is 1. The highest BCUT2D eigenvalue weighted by atomic mass is 79.9. The number of rotatable bonds is 2. The van der Waals surface area contributed by atoms with E-state index in [4.69, 9.17) is 0 Å². The Morgan fingerprint density at radius 3 is 2.44 bits per heavy atom. The zero-order chi connectivity index (χ0) is 11.5. The van der Waals surface area contributed by atoms with E-state index in [0.29, 0.717) is 0 Å². The summed E-state index contributed by atoms with van der Waals surface area (Å²) in [5.41, 5.74) is 4.11. The maximum Gasteiger partial charge on any atom is 0.0433 e. The lowest BCUT2D eigenvalue weighted by Gasteiger charge is -2.25. The molecule has 18 heavy (non-hydrogen) atoms. The smallest absolute Gasteiger partial charge is 0.0433 e. The van der Waals surface area contributed by atoms with Crippen molar-refractivity contribution in [3.63, 3.8) is 0 Å². The molecule has 0 atom stereocenters. The Bertz CT molecular complexity index is 534. The number of fused-ring (bicyclic) bond motifs is 1. The molecule has 2 aromatic rings. The predicted molar refractivity (Wildman–Crippen MR) is 81.5 cm³/mol. The van der Waals surface area contributed by atoms with Crippen LogP contribution in [0.3, 0.4) is 0 Å². The first-order valence-corrected chi connectivity index (χ1v) is 5.96. The lowest BCUT2D eigenvalue weighted by atomic mass is 10.0. The third-order valence-corrected chi connectivity index (χ3v) is 3.12. The average molecular weight is 302 g/mol. The van der Waals surface area contributed by atoms with Crippen molar-refractivity contribution in [2.45, 2.75) is 13.1 Å². The molecule has 0 spiro atoms. The Hall–Kier alpha value is -1.54. The fraction of sp³-hybridized carbons (Fsp3) is 0.125. The summed E-state index contributed by atoms with van der Waals surface area (Å²) in [5, 5.41) is 0. The van der Waals surface area contributed by atoms with Crippen molar-refractivity contribution >= 4 is 23.1 Å². The van der Waals surface area contributed by atoms with Crippen molar-refractivity contribution in [1.82, 2.24) is 4.90 Å². The third kappa shape index (κ3) is 2.82. The highest BCUT2D eigenvalue weighted by molar-refractivity contribution is 8.93. The number of nitrogens with zero attached hydrogens (tertiary/aromatic N) is 1. The van der Waals surface area contributed by atoms with E-state index in [9.17, 15) is 0 Å². The minimum atomic E-state index is 0. The molecule has 0 N–H and O–H groups in total. The van der Waals surface area contributed by atoms with E-state index in [1.165, 1.54) is 16.7 Å². The van der Waals surface area contributed by atoms with Gasteiger partial charge in [-0.1, -0.05) is 54.6 Å². The summed E-state index contributed by atoms with van der Waals surface area (Å²) in [6, 6.07) is 19.2. The van der Waals surface area contributed by atoms with Crippen LogP contribution in [0.2, 0.25) is 0 Å². The first kappa shape index (κ1) is 12.9.